The summed E-state index contributed by atoms with van der Waals surface area (Å²) in [6.45, 7) is 3.01. The van der Waals surface area contributed by atoms with Gasteiger partial charge in [0.1, 0.15) is 5.75 Å². The van der Waals surface area contributed by atoms with Crippen molar-refractivity contribution in [3.8, 4) is 5.75 Å². The van der Waals surface area contributed by atoms with E-state index in [1.807, 2.05) is 24.3 Å². The minimum Gasteiger partial charge on any atom is -0.494 e. The van der Waals surface area contributed by atoms with E-state index in [-0.39, 0.29) is 6.54 Å². The zero-order valence-electron chi connectivity index (χ0n) is 12.0. The Morgan fingerprint density at radius 1 is 1.35 bits per heavy atom. The van der Waals surface area contributed by atoms with Gasteiger partial charge in [0.05, 0.1) is 19.3 Å². The summed E-state index contributed by atoms with van der Waals surface area (Å²) in [7, 11) is 0. The number of ether oxygens (including phenoxy) is 1. The summed E-state index contributed by atoms with van der Waals surface area (Å²) in [6.07, 6.45) is 4.55. The van der Waals surface area contributed by atoms with Crippen LogP contribution in [0.1, 0.15) is 38.2 Å². The second kappa shape index (κ2) is 10.1. The van der Waals surface area contributed by atoms with Crippen LogP contribution in [0.2, 0.25) is 0 Å². The van der Waals surface area contributed by atoms with Crippen molar-refractivity contribution in [1.29, 1.82) is 0 Å². The molecule has 0 aliphatic heterocycles. The number of hydrogen-bond acceptors (Lipinski definition) is 3. The summed E-state index contributed by atoms with van der Waals surface area (Å²) in [6, 6.07) is 7.70. The fraction of sp³-hybridized carbons (Fsp3) is 0.600. The van der Waals surface area contributed by atoms with Gasteiger partial charge < -0.3 is 9.84 Å². The Labute approximate surface area is 120 Å². The van der Waals surface area contributed by atoms with Crippen LogP contribution in [0.3, 0.4) is 0 Å². The number of hydrogen-bond donors (Lipinski definition) is 1. The Morgan fingerprint density at radius 2 is 2.20 bits per heavy atom. The van der Waals surface area contributed by atoms with E-state index >= 15 is 0 Å². The van der Waals surface area contributed by atoms with Gasteiger partial charge in [0.25, 0.3) is 0 Å². The van der Waals surface area contributed by atoms with Crippen LogP contribution in [0.15, 0.2) is 29.4 Å². The molecular weight excluding hydrogens is 254 g/mol. The highest BCUT2D eigenvalue weighted by molar-refractivity contribution is 5.28. The molecule has 0 fully saturated rings. The average Bonchev–Trinajstić information content (AvgIpc) is 2.45. The molecule has 1 N–H and O–H groups in total. The van der Waals surface area contributed by atoms with Gasteiger partial charge in [-0.25, -0.2) is 0 Å². The number of unbranched alkanes of at least 4 members (excludes halogenated alkanes) is 3. The highest BCUT2D eigenvalue weighted by Gasteiger charge is 2.05. The highest BCUT2D eigenvalue weighted by atomic mass is 16.5. The normalized spacial score (nSPS) is 11.7. The molecule has 0 saturated carbocycles. The number of azide groups is 1. The Balaban J connectivity index is 2.38. The number of aliphatic hydroxyl groups is 1. The lowest BCUT2D eigenvalue weighted by molar-refractivity contribution is 0.183. The Hall–Kier alpha value is -1.71. The molecule has 0 spiro atoms. The molecule has 1 rings (SSSR count). The lowest BCUT2D eigenvalue weighted by atomic mass is 10.1. The van der Waals surface area contributed by atoms with E-state index in [1.165, 1.54) is 19.3 Å². The summed E-state index contributed by atoms with van der Waals surface area (Å²) < 4.78 is 5.69. The summed E-state index contributed by atoms with van der Waals surface area (Å²) in [5.41, 5.74) is 9.19. The number of benzene rings is 1. The van der Waals surface area contributed by atoms with Crippen LogP contribution >= 0.6 is 0 Å². The molecule has 0 aliphatic carbocycles. The third-order valence-electron chi connectivity index (χ3n) is 2.99. The minimum absolute atomic E-state index is 0.0958. The Morgan fingerprint density at radius 3 is 2.95 bits per heavy atom. The van der Waals surface area contributed by atoms with E-state index in [1.54, 1.807) is 0 Å². The molecule has 0 bridgehead atoms. The maximum Gasteiger partial charge on any atom is 0.119 e. The maximum absolute atomic E-state index is 9.69. The van der Waals surface area contributed by atoms with Crippen molar-refractivity contribution in [2.75, 3.05) is 13.2 Å². The molecule has 20 heavy (non-hydrogen) atoms. The lowest BCUT2D eigenvalue weighted by Gasteiger charge is -2.10. The van der Waals surface area contributed by atoms with Crippen LogP contribution in [-0.4, -0.2) is 24.4 Å². The zero-order valence-corrected chi connectivity index (χ0v) is 12.0. The first-order valence-electron chi connectivity index (χ1n) is 7.17. The molecule has 1 aromatic carbocycles. The van der Waals surface area contributed by atoms with E-state index < -0.39 is 6.10 Å². The van der Waals surface area contributed by atoms with Gasteiger partial charge in [-0.3, -0.25) is 0 Å². The van der Waals surface area contributed by atoms with Gasteiger partial charge in [-0.1, -0.05) is 43.4 Å². The van der Waals surface area contributed by atoms with Crippen LogP contribution in [0, 0.1) is 0 Å². The van der Waals surface area contributed by atoms with Gasteiger partial charge in [-0.15, -0.1) is 0 Å². The molecule has 0 aliphatic rings. The van der Waals surface area contributed by atoms with Gasteiger partial charge in [-0.05, 0) is 36.1 Å². The number of rotatable bonds is 10. The number of nitrogens with zero attached hydrogens (tertiary/aromatic N) is 3. The monoisotopic (exact) mass is 277 g/mol. The zero-order chi connectivity index (χ0) is 14.6. The Kier molecular flexibility index (Phi) is 8.27. The fourth-order valence-corrected chi connectivity index (χ4v) is 1.95. The molecule has 0 aromatic heterocycles. The van der Waals surface area contributed by atoms with Crippen LogP contribution in [0.25, 0.3) is 10.4 Å². The molecule has 0 radical (unpaired) electrons. The largest absolute Gasteiger partial charge is 0.494 e. The lowest BCUT2D eigenvalue weighted by Crippen LogP contribution is -2.13. The smallest absolute Gasteiger partial charge is 0.119 e. The van der Waals surface area contributed by atoms with Crippen molar-refractivity contribution in [2.24, 2.45) is 5.11 Å². The van der Waals surface area contributed by atoms with Crippen molar-refractivity contribution in [3.63, 3.8) is 0 Å². The fourth-order valence-electron chi connectivity index (χ4n) is 1.95. The summed E-state index contributed by atoms with van der Waals surface area (Å²) in [4.78, 5) is 2.64. The minimum atomic E-state index is -0.647. The van der Waals surface area contributed by atoms with Gasteiger partial charge in [0.15, 0.2) is 0 Å². The highest BCUT2D eigenvalue weighted by Crippen LogP contribution is 2.15. The molecule has 0 amide bonds. The first kappa shape index (κ1) is 16.3. The quantitative estimate of drug-likeness (QED) is 0.305. The molecule has 5 nitrogen and oxygen atoms in total. The molecule has 1 atom stereocenters. The topological polar surface area (TPSA) is 78.2 Å². The predicted octanol–water partition coefficient (Wildman–Crippen LogP) is 3.86. The first-order chi connectivity index (χ1) is 9.76. The molecule has 0 unspecified atom stereocenters. The molecule has 0 saturated heterocycles. The van der Waals surface area contributed by atoms with Crippen molar-refractivity contribution < 1.29 is 9.84 Å². The van der Waals surface area contributed by atoms with Crippen LogP contribution in [0.4, 0.5) is 0 Å². The Bertz CT molecular complexity index is 431. The first-order valence-corrected chi connectivity index (χ1v) is 7.17. The average molecular weight is 277 g/mol. The van der Waals surface area contributed by atoms with E-state index in [0.717, 1.165) is 24.3 Å². The van der Waals surface area contributed by atoms with E-state index in [9.17, 15) is 5.11 Å². The van der Waals surface area contributed by atoms with Gasteiger partial charge in [0, 0.05) is 4.91 Å². The molecular formula is C15H23N3O2. The summed E-state index contributed by atoms with van der Waals surface area (Å²) >= 11 is 0. The second-order valence-corrected chi connectivity index (χ2v) is 4.83. The third-order valence-corrected chi connectivity index (χ3v) is 2.99. The molecule has 110 valence electrons. The van der Waals surface area contributed by atoms with Crippen molar-refractivity contribution in [3.05, 3.63) is 40.3 Å². The van der Waals surface area contributed by atoms with Crippen LogP contribution in [0.5, 0.6) is 5.75 Å². The van der Waals surface area contributed by atoms with Crippen molar-refractivity contribution in [1.82, 2.24) is 0 Å². The molecule has 5 heteroatoms. The van der Waals surface area contributed by atoms with Gasteiger partial charge in [-0.2, -0.15) is 0 Å². The van der Waals surface area contributed by atoms with E-state index in [0.29, 0.717) is 6.42 Å². The summed E-state index contributed by atoms with van der Waals surface area (Å²) in [5, 5.41) is 13.1. The van der Waals surface area contributed by atoms with Gasteiger partial charge in [0.2, 0.25) is 0 Å². The standard InChI is InChI=1S/C15H23N3O2/c1-2-3-4-5-9-20-15-8-6-7-13(11-15)10-14(19)12-17-18-16/h6-8,11,14,19H,2-5,9-10,12H2,1H3/t14-/m1/s1. The summed E-state index contributed by atoms with van der Waals surface area (Å²) in [5.74, 6) is 0.829. The van der Waals surface area contributed by atoms with E-state index in [4.69, 9.17) is 10.3 Å². The van der Waals surface area contributed by atoms with E-state index in [2.05, 4.69) is 16.9 Å². The van der Waals surface area contributed by atoms with Crippen LogP contribution < -0.4 is 4.74 Å². The maximum atomic E-state index is 9.69. The predicted molar refractivity (Wildman–Crippen MR) is 79.8 cm³/mol. The third kappa shape index (κ3) is 7.02. The van der Waals surface area contributed by atoms with Crippen LogP contribution in [-0.2, 0) is 6.42 Å². The number of aliphatic hydroxyl groups excluding tert-OH is 1. The van der Waals surface area contributed by atoms with Crippen molar-refractivity contribution >= 4 is 0 Å². The SMILES string of the molecule is CCCCCCOc1cccc(C[C@@H](O)CN=[N+]=[N-])c1. The second-order valence-electron chi connectivity index (χ2n) is 4.83. The van der Waals surface area contributed by atoms with Crippen molar-refractivity contribution in [2.45, 2.75) is 45.1 Å². The molecule has 0 heterocycles. The van der Waals surface area contributed by atoms with Gasteiger partial charge >= 0.3 is 0 Å². The molecule has 1 aromatic rings.